The van der Waals surface area contributed by atoms with Gasteiger partial charge in [0.1, 0.15) is 0 Å². The molecule has 0 amide bonds. The van der Waals surface area contributed by atoms with Crippen LogP contribution in [-0.4, -0.2) is 11.7 Å². The maximum Gasteiger partial charge on any atom is 0.0431 e. The van der Waals surface area contributed by atoms with E-state index in [-0.39, 0.29) is 0 Å². The average Bonchev–Trinajstić information content (AvgIpc) is 2.63. The fourth-order valence-corrected chi connectivity index (χ4v) is 3.42. The highest BCUT2D eigenvalue weighted by Gasteiger charge is 1.94. The molecule has 1 N–H and O–H groups in total. The van der Waals surface area contributed by atoms with Crippen LogP contribution in [0.3, 0.4) is 0 Å². The molecule has 0 bridgehead atoms. The topological polar surface area (TPSA) is 20.2 Å². The van der Waals surface area contributed by atoms with Crippen molar-refractivity contribution in [1.82, 2.24) is 0 Å². The first-order valence-corrected chi connectivity index (χ1v) is 11.7. The zero-order chi connectivity index (χ0) is 18.3. The van der Waals surface area contributed by atoms with E-state index in [2.05, 4.69) is 19.1 Å². The maximum absolute atomic E-state index is 8.72. The summed E-state index contributed by atoms with van der Waals surface area (Å²) < 4.78 is 0. The van der Waals surface area contributed by atoms with E-state index in [9.17, 15) is 0 Å². The van der Waals surface area contributed by atoms with Gasteiger partial charge in [0.25, 0.3) is 0 Å². The largest absolute Gasteiger partial charge is 0.396 e. The van der Waals surface area contributed by atoms with Gasteiger partial charge in [-0.15, -0.1) is 0 Å². The van der Waals surface area contributed by atoms with Crippen LogP contribution in [0.15, 0.2) is 12.2 Å². The summed E-state index contributed by atoms with van der Waals surface area (Å²) in [7, 11) is 0. The van der Waals surface area contributed by atoms with Gasteiger partial charge in [-0.05, 0) is 32.1 Å². The summed E-state index contributed by atoms with van der Waals surface area (Å²) in [6, 6.07) is 0. The second-order valence-corrected chi connectivity index (χ2v) is 7.78. The van der Waals surface area contributed by atoms with Crippen LogP contribution in [0.5, 0.6) is 0 Å². The third-order valence-corrected chi connectivity index (χ3v) is 5.17. The van der Waals surface area contributed by atoms with Crippen molar-refractivity contribution in [2.24, 2.45) is 0 Å². The molecule has 0 unspecified atom stereocenters. The second kappa shape index (κ2) is 23.7. The highest BCUT2D eigenvalue weighted by molar-refractivity contribution is 4.81. The number of rotatable bonds is 21. The zero-order valence-corrected chi connectivity index (χ0v) is 17.5. The molecule has 0 aliphatic heterocycles. The Labute approximate surface area is 159 Å². The minimum absolute atomic E-state index is 0.371. The fraction of sp³-hybridized carbons (Fsp3) is 0.917. The quantitative estimate of drug-likeness (QED) is 0.162. The van der Waals surface area contributed by atoms with Gasteiger partial charge in [0, 0.05) is 6.61 Å². The van der Waals surface area contributed by atoms with Gasteiger partial charge < -0.3 is 5.11 Å². The number of allylic oxidation sites excluding steroid dienone is 2. The molecule has 0 aliphatic carbocycles. The lowest BCUT2D eigenvalue weighted by molar-refractivity contribution is 0.282. The molecule has 0 atom stereocenters. The van der Waals surface area contributed by atoms with Gasteiger partial charge in [0.05, 0.1) is 0 Å². The molecule has 150 valence electrons. The molecule has 0 saturated heterocycles. The van der Waals surface area contributed by atoms with Crippen LogP contribution in [-0.2, 0) is 0 Å². The van der Waals surface area contributed by atoms with Gasteiger partial charge in [0.2, 0.25) is 0 Å². The van der Waals surface area contributed by atoms with Crippen LogP contribution in [0.25, 0.3) is 0 Å². The van der Waals surface area contributed by atoms with Crippen molar-refractivity contribution in [2.45, 2.75) is 135 Å². The monoisotopic (exact) mass is 352 g/mol. The molecule has 0 fully saturated rings. The highest BCUT2D eigenvalue weighted by Crippen LogP contribution is 2.13. The molecular formula is C24H48O. The molecule has 0 aliphatic rings. The van der Waals surface area contributed by atoms with Crippen molar-refractivity contribution >= 4 is 0 Å². The lowest BCUT2D eigenvalue weighted by Gasteiger charge is -2.03. The third kappa shape index (κ3) is 23.7. The summed E-state index contributed by atoms with van der Waals surface area (Å²) in [4.78, 5) is 0. The van der Waals surface area contributed by atoms with Crippen molar-refractivity contribution in [3.05, 3.63) is 12.2 Å². The molecule has 0 aromatic rings. The van der Waals surface area contributed by atoms with Gasteiger partial charge in [-0.25, -0.2) is 0 Å². The van der Waals surface area contributed by atoms with E-state index >= 15 is 0 Å². The van der Waals surface area contributed by atoms with Gasteiger partial charge in [-0.3, -0.25) is 0 Å². The molecule has 25 heavy (non-hydrogen) atoms. The number of unbranched alkanes of at least 4 members (excludes halogenated alkanes) is 18. The normalized spacial score (nSPS) is 11.6. The molecule has 0 spiro atoms. The Morgan fingerprint density at radius 2 is 0.760 bits per heavy atom. The Bertz CT molecular complexity index is 246. The first-order chi connectivity index (χ1) is 12.4. The molecule has 0 saturated carbocycles. The lowest BCUT2D eigenvalue weighted by Crippen LogP contribution is -1.85. The summed E-state index contributed by atoms with van der Waals surface area (Å²) in [5, 5.41) is 8.72. The van der Waals surface area contributed by atoms with Crippen LogP contribution in [0.4, 0.5) is 0 Å². The summed E-state index contributed by atoms with van der Waals surface area (Å²) in [5.74, 6) is 0. The Hall–Kier alpha value is -0.300. The standard InChI is InChI=1S/C24H48O/c1-2-3-4-5-6-7-8-9-10-11-12-13-14-15-16-17-18-19-20-21-22-23-24-25/h7-8,25H,2-6,9-24H2,1H3/b8-7-. The van der Waals surface area contributed by atoms with E-state index in [1.165, 1.54) is 122 Å². The average molecular weight is 353 g/mol. The van der Waals surface area contributed by atoms with Crippen LogP contribution >= 0.6 is 0 Å². The second-order valence-electron chi connectivity index (χ2n) is 7.78. The maximum atomic E-state index is 8.72. The first kappa shape index (κ1) is 24.7. The number of aliphatic hydroxyl groups excluding tert-OH is 1. The van der Waals surface area contributed by atoms with Crippen molar-refractivity contribution in [3.8, 4) is 0 Å². The van der Waals surface area contributed by atoms with Gasteiger partial charge >= 0.3 is 0 Å². The van der Waals surface area contributed by atoms with Crippen molar-refractivity contribution < 1.29 is 5.11 Å². The van der Waals surface area contributed by atoms with E-state index in [1.54, 1.807) is 0 Å². The van der Waals surface area contributed by atoms with Crippen molar-refractivity contribution in [1.29, 1.82) is 0 Å². The van der Waals surface area contributed by atoms with E-state index in [1.807, 2.05) is 0 Å². The predicted octanol–water partition coefficient (Wildman–Crippen LogP) is 8.36. The SMILES string of the molecule is CCCCCC/C=C\CCCCCCCCCCCCCCCCO. The summed E-state index contributed by atoms with van der Waals surface area (Å²) >= 11 is 0. The Morgan fingerprint density at radius 1 is 0.440 bits per heavy atom. The van der Waals surface area contributed by atoms with Crippen LogP contribution in [0, 0.1) is 0 Å². The first-order valence-electron chi connectivity index (χ1n) is 11.7. The summed E-state index contributed by atoms with van der Waals surface area (Å²) in [6.07, 6.45) is 32.1. The summed E-state index contributed by atoms with van der Waals surface area (Å²) in [6.45, 7) is 2.65. The lowest BCUT2D eigenvalue weighted by atomic mass is 10.0. The third-order valence-electron chi connectivity index (χ3n) is 5.17. The fourth-order valence-electron chi connectivity index (χ4n) is 3.42. The highest BCUT2D eigenvalue weighted by atomic mass is 16.2. The minimum Gasteiger partial charge on any atom is -0.396 e. The smallest absolute Gasteiger partial charge is 0.0431 e. The zero-order valence-electron chi connectivity index (χ0n) is 17.5. The van der Waals surface area contributed by atoms with Crippen molar-refractivity contribution in [3.63, 3.8) is 0 Å². The van der Waals surface area contributed by atoms with Gasteiger partial charge in [-0.2, -0.15) is 0 Å². The van der Waals surface area contributed by atoms with E-state index < -0.39 is 0 Å². The molecular weight excluding hydrogens is 304 g/mol. The molecule has 0 aromatic heterocycles. The van der Waals surface area contributed by atoms with Crippen LogP contribution in [0.2, 0.25) is 0 Å². The van der Waals surface area contributed by atoms with Crippen LogP contribution in [0.1, 0.15) is 135 Å². The van der Waals surface area contributed by atoms with Crippen molar-refractivity contribution in [2.75, 3.05) is 6.61 Å². The molecule has 1 heteroatoms. The van der Waals surface area contributed by atoms with Gasteiger partial charge in [-0.1, -0.05) is 115 Å². The minimum atomic E-state index is 0.371. The number of aliphatic hydroxyl groups is 1. The van der Waals surface area contributed by atoms with Crippen LogP contribution < -0.4 is 0 Å². The van der Waals surface area contributed by atoms with E-state index in [4.69, 9.17) is 5.11 Å². The Morgan fingerprint density at radius 3 is 1.12 bits per heavy atom. The Balaban J connectivity index is 3.01. The predicted molar refractivity (Wildman–Crippen MR) is 114 cm³/mol. The van der Waals surface area contributed by atoms with E-state index in [0.29, 0.717) is 6.61 Å². The molecule has 0 rings (SSSR count). The molecule has 1 nitrogen and oxygen atoms in total. The molecule has 0 heterocycles. The molecule has 0 radical (unpaired) electrons. The summed E-state index contributed by atoms with van der Waals surface area (Å²) in [5.41, 5.74) is 0. The van der Waals surface area contributed by atoms with Gasteiger partial charge in [0.15, 0.2) is 0 Å². The van der Waals surface area contributed by atoms with E-state index in [0.717, 1.165) is 6.42 Å². The molecule has 0 aromatic carbocycles. The number of hydrogen-bond acceptors (Lipinski definition) is 1. The Kier molecular flexibility index (Phi) is 23.4. The number of hydrogen-bond donors (Lipinski definition) is 1.